The topological polar surface area (TPSA) is 34.1 Å². The molecule has 2 nitrogen and oxygen atoms in total. The van der Waals surface area contributed by atoms with E-state index in [4.69, 9.17) is 0 Å². The molecule has 0 aliphatic heterocycles. The monoisotopic (exact) mass is 222 g/mol. The third-order valence-corrected chi connectivity index (χ3v) is 2.79. The van der Waals surface area contributed by atoms with Gasteiger partial charge in [0.2, 0.25) is 16.4 Å². The van der Waals surface area contributed by atoms with E-state index in [-0.39, 0.29) is 6.92 Å². The Bertz CT molecular complexity index is 256. The van der Waals surface area contributed by atoms with Crippen molar-refractivity contribution >= 4 is 10.7 Å². The van der Waals surface area contributed by atoms with Gasteiger partial charge in [-0.2, -0.15) is 8.78 Å². The summed E-state index contributed by atoms with van der Waals surface area (Å²) in [6.07, 6.45) is 0. The minimum Gasteiger partial charge on any atom is -0.241 e. The van der Waals surface area contributed by atoms with E-state index in [2.05, 4.69) is 0 Å². The average Bonchev–Trinajstić information content (AvgIpc) is 1.84. The molecule has 80 valence electrons. The summed E-state index contributed by atoms with van der Waals surface area (Å²) in [6.45, 7) is 1.33. The second-order valence-electron chi connectivity index (χ2n) is 3.27. The van der Waals surface area contributed by atoms with Gasteiger partial charge in [-0.3, -0.25) is 0 Å². The van der Waals surface area contributed by atoms with Crippen LogP contribution in [-0.2, 0) is 10.7 Å². The molecule has 0 fully saturated rings. The zero-order valence-electron chi connectivity index (χ0n) is 7.28. The first-order valence-electron chi connectivity index (χ1n) is 3.34. The molecule has 0 amide bonds. The Morgan fingerprint density at radius 1 is 0.923 bits per heavy atom. The summed E-state index contributed by atoms with van der Waals surface area (Å²) in [4.78, 5) is 0. The molecule has 1 atom stereocenters. The van der Waals surface area contributed by atoms with Gasteiger partial charge in [0, 0.05) is 0 Å². The first-order valence-corrected chi connectivity index (χ1v) is 4.52. The number of thiol groups is 1. The SMILES string of the molecule is CC(C)(F)C(C)(F)C(F)(F)[SH](=O)=O. The molecule has 0 aromatic rings. The molecule has 0 saturated carbocycles. The highest BCUT2D eigenvalue weighted by atomic mass is 32.2. The van der Waals surface area contributed by atoms with E-state index in [1.54, 1.807) is 0 Å². The van der Waals surface area contributed by atoms with E-state index in [9.17, 15) is 26.0 Å². The van der Waals surface area contributed by atoms with Gasteiger partial charge in [0.15, 0.2) is 0 Å². The number of alkyl halides is 4. The number of hydrogen-bond acceptors (Lipinski definition) is 2. The van der Waals surface area contributed by atoms with Gasteiger partial charge in [-0.15, -0.1) is 0 Å². The quantitative estimate of drug-likeness (QED) is 0.582. The molecule has 0 saturated heterocycles. The Balaban J connectivity index is 5.28. The summed E-state index contributed by atoms with van der Waals surface area (Å²) in [7, 11) is -4.34. The van der Waals surface area contributed by atoms with Crippen LogP contribution in [0.4, 0.5) is 17.6 Å². The van der Waals surface area contributed by atoms with Gasteiger partial charge in [-0.05, 0) is 20.8 Å². The van der Waals surface area contributed by atoms with E-state index in [1.807, 2.05) is 0 Å². The molecule has 0 aliphatic rings. The predicted octanol–water partition coefficient (Wildman–Crippen LogP) is 1.67. The standard InChI is InChI=1S/C6H10F4O2S/c1-4(2,7)5(3,8)6(9,10)13(11)12/h13H,1-3H3. The normalized spacial score (nSPS) is 18.8. The molecule has 0 aromatic carbocycles. The second kappa shape index (κ2) is 3.11. The zero-order chi connectivity index (χ0) is 11.1. The lowest BCUT2D eigenvalue weighted by molar-refractivity contribution is -0.132. The van der Waals surface area contributed by atoms with Crippen molar-refractivity contribution < 1.29 is 26.0 Å². The maximum atomic E-state index is 13.1. The Morgan fingerprint density at radius 2 is 1.23 bits per heavy atom. The van der Waals surface area contributed by atoms with Crippen molar-refractivity contribution in [2.75, 3.05) is 0 Å². The molecule has 1 unspecified atom stereocenters. The van der Waals surface area contributed by atoms with Gasteiger partial charge in [-0.1, -0.05) is 0 Å². The van der Waals surface area contributed by atoms with Crippen LogP contribution in [0.5, 0.6) is 0 Å². The summed E-state index contributed by atoms with van der Waals surface area (Å²) >= 11 is 0. The van der Waals surface area contributed by atoms with Crippen molar-refractivity contribution in [3.63, 3.8) is 0 Å². The molecular weight excluding hydrogens is 212 g/mol. The van der Waals surface area contributed by atoms with Crippen LogP contribution < -0.4 is 0 Å². The lowest BCUT2D eigenvalue weighted by atomic mass is 9.91. The van der Waals surface area contributed by atoms with Crippen molar-refractivity contribution in [1.82, 2.24) is 0 Å². The van der Waals surface area contributed by atoms with Crippen molar-refractivity contribution in [3.8, 4) is 0 Å². The molecule has 0 radical (unpaired) electrons. The first-order chi connectivity index (χ1) is 5.44. The molecular formula is C6H10F4O2S. The summed E-state index contributed by atoms with van der Waals surface area (Å²) in [5.41, 5.74) is -6.68. The maximum absolute atomic E-state index is 13.1. The molecule has 0 bridgehead atoms. The van der Waals surface area contributed by atoms with Crippen LogP contribution in [0, 0.1) is 0 Å². The molecule has 0 spiro atoms. The van der Waals surface area contributed by atoms with Crippen LogP contribution in [0.2, 0.25) is 0 Å². The Hall–Kier alpha value is -0.330. The molecule has 0 rings (SSSR count). The fourth-order valence-electron chi connectivity index (χ4n) is 0.529. The number of halogens is 4. The fraction of sp³-hybridized carbons (Fsp3) is 1.00. The largest absolute Gasteiger partial charge is 0.378 e. The van der Waals surface area contributed by atoms with Crippen LogP contribution in [0.25, 0.3) is 0 Å². The van der Waals surface area contributed by atoms with Crippen molar-refractivity contribution in [3.05, 3.63) is 0 Å². The average molecular weight is 222 g/mol. The second-order valence-corrected chi connectivity index (χ2v) is 4.35. The number of rotatable bonds is 3. The lowest BCUT2D eigenvalue weighted by Gasteiger charge is -2.33. The Morgan fingerprint density at radius 3 is 1.31 bits per heavy atom. The van der Waals surface area contributed by atoms with Crippen LogP contribution in [0.1, 0.15) is 20.8 Å². The van der Waals surface area contributed by atoms with Crippen LogP contribution in [0.15, 0.2) is 0 Å². The van der Waals surface area contributed by atoms with E-state index >= 15 is 0 Å². The van der Waals surface area contributed by atoms with Gasteiger partial charge in [0.1, 0.15) is 5.67 Å². The van der Waals surface area contributed by atoms with E-state index < -0.39 is 27.3 Å². The van der Waals surface area contributed by atoms with Crippen LogP contribution in [0.3, 0.4) is 0 Å². The van der Waals surface area contributed by atoms with Gasteiger partial charge in [-0.25, -0.2) is 17.2 Å². The molecule has 0 N–H and O–H groups in total. The summed E-state index contributed by atoms with van der Waals surface area (Å²) < 4.78 is 71.2. The van der Waals surface area contributed by atoms with Gasteiger partial charge in [0.25, 0.3) is 0 Å². The van der Waals surface area contributed by atoms with Crippen molar-refractivity contribution in [1.29, 1.82) is 0 Å². The Kier molecular flexibility index (Phi) is 3.03. The minimum atomic E-state index is -4.71. The molecule has 13 heavy (non-hydrogen) atoms. The summed E-state index contributed by atoms with van der Waals surface area (Å²) in [5.74, 6) is 0. The molecule has 0 aliphatic carbocycles. The number of hydrogen-bond donors (Lipinski definition) is 1. The van der Waals surface area contributed by atoms with Gasteiger partial charge < -0.3 is 0 Å². The highest BCUT2D eigenvalue weighted by Crippen LogP contribution is 2.43. The summed E-state index contributed by atoms with van der Waals surface area (Å²) in [6, 6.07) is 0. The molecule has 0 heterocycles. The van der Waals surface area contributed by atoms with E-state index in [1.165, 1.54) is 0 Å². The maximum Gasteiger partial charge on any atom is 0.378 e. The Labute approximate surface area is 74.9 Å². The summed E-state index contributed by atoms with van der Waals surface area (Å²) in [5, 5.41) is -4.71. The van der Waals surface area contributed by atoms with Crippen molar-refractivity contribution in [2.45, 2.75) is 37.4 Å². The third-order valence-electron chi connectivity index (χ3n) is 1.91. The first kappa shape index (κ1) is 12.7. The fourth-order valence-corrected chi connectivity index (χ4v) is 1.14. The highest BCUT2D eigenvalue weighted by molar-refractivity contribution is 7.73. The predicted molar refractivity (Wildman–Crippen MR) is 40.0 cm³/mol. The van der Waals surface area contributed by atoms with Crippen LogP contribution >= 0.6 is 0 Å². The zero-order valence-corrected chi connectivity index (χ0v) is 8.17. The molecule has 0 aromatic heterocycles. The van der Waals surface area contributed by atoms with E-state index in [0.717, 1.165) is 0 Å². The third kappa shape index (κ3) is 1.95. The lowest BCUT2D eigenvalue weighted by Crippen LogP contribution is -2.55. The van der Waals surface area contributed by atoms with Crippen molar-refractivity contribution in [2.24, 2.45) is 0 Å². The smallest absolute Gasteiger partial charge is 0.241 e. The van der Waals surface area contributed by atoms with Crippen LogP contribution in [-0.4, -0.2) is 25.0 Å². The van der Waals surface area contributed by atoms with E-state index in [0.29, 0.717) is 13.8 Å². The molecule has 7 heteroatoms. The highest BCUT2D eigenvalue weighted by Gasteiger charge is 2.63. The van der Waals surface area contributed by atoms with Gasteiger partial charge >= 0.3 is 5.25 Å². The minimum absolute atomic E-state index is 0.220. The van der Waals surface area contributed by atoms with Gasteiger partial charge in [0.05, 0.1) is 0 Å².